The lowest BCUT2D eigenvalue weighted by Gasteiger charge is -2.06. The summed E-state index contributed by atoms with van der Waals surface area (Å²) in [7, 11) is 0. The van der Waals surface area contributed by atoms with Crippen LogP contribution in [0.1, 0.15) is 20.8 Å². The molecule has 3 aromatic rings. The molecule has 0 unspecified atom stereocenters. The first-order valence-corrected chi connectivity index (χ1v) is 8.33. The van der Waals surface area contributed by atoms with Crippen molar-refractivity contribution in [1.82, 2.24) is 5.43 Å². The van der Waals surface area contributed by atoms with Gasteiger partial charge >= 0.3 is 0 Å². The summed E-state index contributed by atoms with van der Waals surface area (Å²) in [6.07, 6.45) is 1.60. The van der Waals surface area contributed by atoms with Gasteiger partial charge in [-0.05, 0) is 34.7 Å². The first kappa shape index (κ1) is 16.0. The summed E-state index contributed by atoms with van der Waals surface area (Å²) in [5.41, 5.74) is 4.48. The van der Waals surface area contributed by atoms with Gasteiger partial charge in [-0.1, -0.05) is 48.5 Å². The van der Waals surface area contributed by atoms with E-state index in [1.807, 2.05) is 66.0 Å². The summed E-state index contributed by atoms with van der Waals surface area (Å²) < 4.78 is 5.77. The molecule has 3 rings (SSSR count). The molecule has 1 heterocycles. The van der Waals surface area contributed by atoms with Crippen molar-refractivity contribution >= 4 is 23.5 Å². The Morgan fingerprint density at radius 2 is 1.96 bits per heavy atom. The SMILES string of the molecule is O=C(N/N=C\c1cccc(OCc2ccccc2)c1)c1cccs1. The summed E-state index contributed by atoms with van der Waals surface area (Å²) in [6, 6.07) is 21.1. The Bertz CT molecular complexity index is 814. The van der Waals surface area contributed by atoms with Crippen molar-refractivity contribution in [3.8, 4) is 5.75 Å². The van der Waals surface area contributed by atoms with E-state index in [2.05, 4.69) is 10.5 Å². The van der Waals surface area contributed by atoms with Gasteiger partial charge in [0.05, 0.1) is 11.1 Å². The van der Waals surface area contributed by atoms with Crippen molar-refractivity contribution in [2.45, 2.75) is 6.61 Å². The van der Waals surface area contributed by atoms with E-state index in [9.17, 15) is 4.79 Å². The number of nitrogens with zero attached hydrogens (tertiary/aromatic N) is 1. The summed E-state index contributed by atoms with van der Waals surface area (Å²) in [5.74, 6) is 0.546. The van der Waals surface area contributed by atoms with Gasteiger partial charge in [-0.25, -0.2) is 5.43 Å². The highest BCUT2D eigenvalue weighted by molar-refractivity contribution is 7.12. The standard InChI is InChI=1S/C19H16N2O2S/c22-19(18-10-5-11-24-18)21-20-13-16-8-4-9-17(12-16)23-14-15-6-2-1-3-7-15/h1-13H,14H2,(H,21,22)/b20-13-. The highest BCUT2D eigenvalue weighted by atomic mass is 32.1. The quantitative estimate of drug-likeness (QED) is 0.544. The smallest absolute Gasteiger partial charge is 0.281 e. The minimum Gasteiger partial charge on any atom is -0.489 e. The van der Waals surface area contributed by atoms with Crippen LogP contribution < -0.4 is 10.2 Å². The van der Waals surface area contributed by atoms with E-state index in [1.54, 1.807) is 12.3 Å². The molecule has 0 fully saturated rings. The minimum atomic E-state index is -0.210. The molecule has 24 heavy (non-hydrogen) atoms. The third kappa shape index (κ3) is 4.54. The van der Waals surface area contributed by atoms with E-state index in [0.29, 0.717) is 11.5 Å². The van der Waals surface area contributed by atoms with Gasteiger partial charge in [0.1, 0.15) is 12.4 Å². The molecule has 0 bridgehead atoms. The van der Waals surface area contributed by atoms with Crippen LogP contribution in [-0.4, -0.2) is 12.1 Å². The normalized spacial score (nSPS) is 10.7. The van der Waals surface area contributed by atoms with E-state index < -0.39 is 0 Å². The van der Waals surface area contributed by atoms with Gasteiger partial charge in [-0.15, -0.1) is 11.3 Å². The molecule has 120 valence electrons. The number of benzene rings is 2. The number of hydrogen-bond donors (Lipinski definition) is 1. The number of amides is 1. The number of rotatable bonds is 6. The van der Waals surface area contributed by atoms with Crippen molar-refractivity contribution in [3.63, 3.8) is 0 Å². The van der Waals surface area contributed by atoms with E-state index in [1.165, 1.54) is 11.3 Å². The Kier molecular flexibility index (Phi) is 5.37. The van der Waals surface area contributed by atoms with E-state index in [4.69, 9.17) is 4.74 Å². The lowest BCUT2D eigenvalue weighted by Crippen LogP contribution is -2.16. The average Bonchev–Trinajstić information content (AvgIpc) is 3.16. The van der Waals surface area contributed by atoms with Crippen LogP contribution in [0.4, 0.5) is 0 Å². The summed E-state index contributed by atoms with van der Waals surface area (Å²) in [6.45, 7) is 0.510. The molecule has 0 saturated carbocycles. The maximum absolute atomic E-state index is 11.8. The van der Waals surface area contributed by atoms with Gasteiger partial charge in [-0.2, -0.15) is 5.10 Å². The summed E-state index contributed by atoms with van der Waals surface area (Å²) in [5, 5.41) is 5.84. The lowest BCUT2D eigenvalue weighted by molar-refractivity contribution is 0.0959. The number of ether oxygens (including phenoxy) is 1. The van der Waals surface area contributed by atoms with Gasteiger partial charge in [-0.3, -0.25) is 4.79 Å². The number of hydrogen-bond acceptors (Lipinski definition) is 4. The van der Waals surface area contributed by atoms with E-state index >= 15 is 0 Å². The molecule has 0 saturated heterocycles. The molecule has 2 aromatic carbocycles. The number of carbonyl (C=O) groups is 1. The number of carbonyl (C=O) groups excluding carboxylic acids is 1. The molecule has 0 radical (unpaired) electrons. The molecule has 1 aromatic heterocycles. The molecule has 0 aliphatic rings. The van der Waals surface area contributed by atoms with Crippen LogP contribution in [0.15, 0.2) is 77.2 Å². The summed E-state index contributed by atoms with van der Waals surface area (Å²) >= 11 is 1.38. The van der Waals surface area contributed by atoms with Crippen LogP contribution in [-0.2, 0) is 6.61 Å². The fraction of sp³-hybridized carbons (Fsp3) is 0.0526. The van der Waals surface area contributed by atoms with Gasteiger partial charge in [0.25, 0.3) is 5.91 Å². The largest absolute Gasteiger partial charge is 0.489 e. The van der Waals surface area contributed by atoms with E-state index in [-0.39, 0.29) is 5.91 Å². The third-order valence-electron chi connectivity index (χ3n) is 3.23. The van der Waals surface area contributed by atoms with Gasteiger partial charge in [0.2, 0.25) is 0 Å². The van der Waals surface area contributed by atoms with Crippen molar-refractivity contribution < 1.29 is 9.53 Å². The van der Waals surface area contributed by atoms with Crippen LogP contribution in [0, 0.1) is 0 Å². The van der Waals surface area contributed by atoms with Gasteiger partial charge in [0.15, 0.2) is 0 Å². The monoisotopic (exact) mass is 336 g/mol. The topological polar surface area (TPSA) is 50.7 Å². The average molecular weight is 336 g/mol. The zero-order valence-corrected chi connectivity index (χ0v) is 13.7. The van der Waals surface area contributed by atoms with Crippen LogP contribution in [0.5, 0.6) is 5.75 Å². The maximum Gasteiger partial charge on any atom is 0.281 e. The van der Waals surface area contributed by atoms with Crippen LogP contribution in [0.3, 0.4) is 0 Å². The molecule has 5 heteroatoms. The van der Waals surface area contributed by atoms with Gasteiger partial charge in [0, 0.05) is 0 Å². The molecule has 1 amide bonds. The molecule has 0 spiro atoms. The Hall–Kier alpha value is -2.92. The molecule has 0 aliphatic heterocycles. The molecular weight excluding hydrogens is 320 g/mol. The second kappa shape index (κ2) is 8.08. The predicted molar refractivity (Wildman–Crippen MR) is 96.6 cm³/mol. The van der Waals surface area contributed by atoms with Crippen molar-refractivity contribution in [2.24, 2.45) is 5.10 Å². The Morgan fingerprint density at radius 3 is 2.75 bits per heavy atom. The number of thiophene rings is 1. The zero-order chi connectivity index (χ0) is 16.6. The zero-order valence-electron chi connectivity index (χ0n) is 12.9. The summed E-state index contributed by atoms with van der Waals surface area (Å²) in [4.78, 5) is 12.4. The van der Waals surface area contributed by atoms with Crippen molar-refractivity contribution in [2.75, 3.05) is 0 Å². The Morgan fingerprint density at radius 1 is 1.08 bits per heavy atom. The number of nitrogens with one attached hydrogen (secondary N) is 1. The van der Waals surface area contributed by atoms with Crippen LogP contribution >= 0.6 is 11.3 Å². The third-order valence-corrected chi connectivity index (χ3v) is 4.10. The highest BCUT2D eigenvalue weighted by Gasteiger charge is 2.03. The maximum atomic E-state index is 11.8. The first-order valence-electron chi connectivity index (χ1n) is 7.45. The van der Waals surface area contributed by atoms with Crippen molar-refractivity contribution in [3.05, 3.63) is 88.1 Å². The predicted octanol–water partition coefficient (Wildman–Crippen LogP) is 4.09. The highest BCUT2D eigenvalue weighted by Crippen LogP contribution is 2.14. The molecular formula is C19H16N2O2S. The van der Waals surface area contributed by atoms with E-state index in [0.717, 1.165) is 16.9 Å². The minimum absolute atomic E-state index is 0.210. The van der Waals surface area contributed by atoms with Gasteiger partial charge < -0.3 is 4.74 Å². The first-order chi connectivity index (χ1) is 11.8. The van der Waals surface area contributed by atoms with Crippen molar-refractivity contribution in [1.29, 1.82) is 0 Å². The fourth-order valence-corrected chi connectivity index (χ4v) is 2.67. The molecule has 4 nitrogen and oxygen atoms in total. The lowest BCUT2D eigenvalue weighted by atomic mass is 10.2. The Labute approximate surface area is 144 Å². The Balaban J connectivity index is 1.56. The van der Waals surface area contributed by atoms with Crippen LogP contribution in [0.2, 0.25) is 0 Å². The molecule has 1 N–H and O–H groups in total. The molecule has 0 atom stereocenters. The second-order valence-electron chi connectivity index (χ2n) is 5.02. The molecule has 0 aliphatic carbocycles. The fourth-order valence-electron chi connectivity index (χ4n) is 2.05. The second-order valence-corrected chi connectivity index (χ2v) is 5.97. The number of hydrazone groups is 1. The van der Waals surface area contributed by atoms with Crippen LogP contribution in [0.25, 0.3) is 0 Å².